The third kappa shape index (κ3) is 4.95. The number of nitrogens with zero attached hydrogens (tertiary/aromatic N) is 2. The average Bonchev–Trinajstić information content (AvgIpc) is 3.24. The molecule has 2 atom stereocenters. The number of amides is 1. The van der Waals surface area contributed by atoms with Crippen LogP contribution in [0.25, 0.3) is 10.9 Å². The normalized spacial score (nSPS) is 22.8. The molecule has 3 heterocycles. The Morgan fingerprint density at radius 1 is 1.29 bits per heavy atom. The number of nitrogens with one attached hydrogen (secondary N) is 2. The number of halogens is 2. The van der Waals surface area contributed by atoms with Crippen molar-refractivity contribution in [3.05, 3.63) is 41.0 Å². The zero-order valence-corrected chi connectivity index (χ0v) is 17.6. The topological polar surface area (TPSA) is 57.3 Å². The zero-order chi connectivity index (χ0) is 18.6. The van der Waals surface area contributed by atoms with E-state index in [2.05, 4.69) is 26.6 Å². The molecule has 0 bridgehead atoms. The highest BCUT2D eigenvalue weighted by Gasteiger charge is 2.25. The lowest BCUT2D eigenvalue weighted by molar-refractivity contribution is -0.123. The van der Waals surface area contributed by atoms with Crippen molar-refractivity contribution in [3.63, 3.8) is 0 Å². The smallest absolute Gasteiger partial charge is 0.237 e. The second-order valence-electron chi connectivity index (χ2n) is 7.74. The molecule has 28 heavy (non-hydrogen) atoms. The quantitative estimate of drug-likeness (QED) is 0.774. The zero-order valence-electron chi connectivity index (χ0n) is 16.0. The number of rotatable bonds is 5. The molecule has 2 saturated heterocycles. The molecule has 2 aliphatic rings. The molecule has 2 unspecified atom stereocenters. The highest BCUT2D eigenvalue weighted by Crippen LogP contribution is 2.27. The average molecular weight is 423 g/mol. The molecule has 2 fully saturated rings. The van der Waals surface area contributed by atoms with E-state index in [1.165, 1.54) is 18.4 Å². The number of carbonyl (C=O) groups is 1. The number of carbonyl (C=O) groups excluding carboxylic acids is 1. The van der Waals surface area contributed by atoms with Gasteiger partial charge in [-0.15, -0.1) is 12.4 Å². The number of piperidine rings is 1. The minimum atomic E-state index is 0. The maximum Gasteiger partial charge on any atom is 0.237 e. The molecule has 0 aliphatic carbocycles. The lowest BCUT2D eigenvalue weighted by atomic mass is 9.97. The van der Waals surface area contributed by atoms with Crippen LogP contribution in [-0.2, 0) is 11.3 Å². The molecule has 152 valence electrons. The SMILES string of the molecule is Cl.O=C(NCC1CCCN(Cc2ccc(Cl)c3cccnc23)C1)C1CCCN1. The van der Waals surface area contributed by atoms with Gasteiger partial charge in [0.25, 0.3) is 0 Å². The van der Waals surface area contributed by atoms with Gasteiger partial charge in [0.05, 0.1) is 11.6 Å². The Hall–Kier alpha value is -1.40. The van der Waals surface area contributed by atoms with E-state index in [-0.39, 0.29) is 24.4 Å². The number of benzene rings is 1. The van der Waals surface area contributed by atoms with Crippen LogP contribution in [-0.4, -0.2) is 48.0 Å². The van der Waals surface area contributed by atoms with Crippen LogP contribution in [0.1, 0.15) is 31.2 Å². The van der Waals surface area contributed by atoms with Crippen molar-refractivity contribution in [2.75, 3.05) is 26.2 Å². The first-order chi connectivity index (χ1) is 13.2. The number of fused-ring (bicyclic) bond motifs is 1. The van der Waals surface area contributed by atoms with E-state index >= 15 is 0 Å². The summed E-state index contributed by atoms with van der Waals surface area (Å²) in [7, 11) is 0. The summed E-state index contributed by atoms with van der Waals surface area (Å²) >= 11 is 6.32. The van der Waals surface area contributed by atoms with Gasteiger partial charge in [0.1, 0.15) is 0 Å². The van der Waals surface area contributed by atoms with Crippen LogP contribution in [0.5, 0.6) is 0 Å². The predicted molar refractivity (Wildman–Crippen MR) is 116 cm³/mol. The summed E-state index contributed by atoms with van der Waals surface area (Å²) in [6, 6.07) is 8.03. The molecule has 2 aromatic rings. The van der Waals surface area contributed by atoms with Crippen LogP contribution in [0.15, 0.2) is 30.5 Å². The van der Waals surface area contributed by atoms with Gasteiger partial charge in [-0.05, 0) is 68.5 Å². The fraction of sp³-hybridized carbons (Fsp3) is 0.524. The summed E-state index contributed by atoms with van der Waals surface area (Å²) in [5, 5.41) is 8.19. The van der Waals surface area contributed by atoms with E-state index in [1.54, 1.807) is 0 Å². The fourth-order valence-electron chi connectivity index (χ4n) is 4.30. The number of hydrogen-bond donors (Lipinski definition) is 2. The molecule has 1 aromatic carbocycles. The summed E-state index contributed by atoms with van der Waals surface area (Å²) in [4.78, 5) is 19.3. The first-order valence-electron chi connectivity index (χ1n) is 9.96. The van der Waals surface area contributed by atoms with Gasteiger partial charge in [0.2, 0.25) is 5.91 Å². The first kappa shape index (κ1) is 21.3. The Labute approximate surface area is 177 Å². The van der Waals surface area contributed by atoms with Crippen LogP contribution < -0.4 is 10.6 Å². The molecule has 7 heteroatoms. The second-order valence-corrected chi connectivity index (χ2v) is 8.15. The summed E-state index contributed by atoms with van der Waals surface area (Å²) in [5.74, 6) is 0.674. The lowest BCUT2D eigenvalue weighted by Crippen LogP contribution is -2.45. The third-order valence-electron chi connectivity index (χ3n) is 5.74. The van der Waals surface area contributed by atoms with Crippen molar-refractivity contribution in [3.8, 4) is 0 Å². The molecule has 5 nitrogen and oxygen atoms in total. The Bertz CT molecular complexity index is 810. The monoisotopic (exact) mass is 422 g/mol. The van der Waals surface area contributed by atoms with Crippen LogP contribution in [0.4, 0.5) is 0 Å². The van der Waals surface area contributed by atoms with Gasteiger partial charge < -0.3 is 10.6 Å². The molecule has 0 radical (unpaired) electrons. The number of hydrogen-bond acceptors (Lipinski definition) is 4. The fourth-order valence-corrected chi connectivity index (χ4v) is 4.52. The molecule has 2 N–H and O–H groups in total. The number of aromatic nitrogens is 1. The van der Waals surface area contributed by atoms with E-state index in [1.807, 2.05) is 24.4 Å². The van der Waals surface area contributed by atoms with E-state index in [0.717, 1.165) is 61.5 Å². The Morgan fingerprint density at radius 2 is 2.18 bits per heavy atom. The van der Waals surface area contributed by atoms with Gasteiger partial charge >= 0.3 is 0 Å². The van der Waals surface area contributed by atoms with Crippen molar-refractivity contribution in [1.29, 1.82) is 0 Å². The van der Waals surface area contributed by atoms with Gasteiger partial charge in [-0.25, -0.2) is 0 Å². The van der Waals surface area contributed by atoms with Gasteiger partial charge in [0, 0.05) is 36.2 Å². The summed E-state index contributed by atoms with van der Waals surface area (Å²) < 4.78 is 0. The van der Waals surface area contributed by atoms with Gasteiger partial charge in [-0.3, -0.25) is 14.7 Å². The highest BCUT2D eigenvalue weighted by molar-refractivity contribution is 6.35. The minimum Gasteiger partial charge on any atom is -0.354 e. The van der Waals surface area contributed by atoms with Crippen molar-refractivity contribution >= 4 is 40.8 Å². The van der Waals surface area contributed by atoms with Gasteiger partial charge in [-0.1, -0.05) is 17.7 Å². The van der Waals surface area contributed by atoms with E-state index in [0.29, 0.717) is 5.92 Å². The maximum atomic E-state index is 12.2. The van der Waals surface area contributed by atoms with Crippen molar-refractivity contribution < 1.29 is 4.79 Å². The molecule has 4 rings (SSSR count). The Kier molecular flexibility index (Phi) is 7.52. The summed E-state index contributed by atoms with van der Waals surface area (Å²) in [5.41, 5.74) is 2.21. The predicted octanol–water partition coefficient (Wildman–Crippen LogP) is 3.39. The van der Waals surface area contributed by atoms with Crippen molar-refractivity contribution in [1.82, 2.24) is 20.5 Å². The van der Waals surface area contributed by atoms with E-state index in [9.17, 15) is 4.79 Å². The Morgan fingerprint density at radius 3 is 3.00 bits per heavy atom. The first-order valence-corrected chi connectivity index (χ1v) is 10.3. The maximum absolute atomic E-state index is 12.2. The third-order valence-corrected chi connectivity index (χ3v) is 6.07. The molecule has 0 spiro atoms. The standard InChI is InChI=1S/C21H27ClN4O.ClH/c22-18-8-7-16(20-17(18)5-1-10-24-20)14-26-11-3-4-15(13-26)12-25-21(27)19-6-2-9-23-19;/h1,5,7-8,10,15,19,23H,2-4,6,9,11-14H2,(H,25,27);1H. The summed E-state index contributed by atoms with van der Waals surface area (Å²) in [6.45, 7) is 4.70. The van der Waals surface area contributed by atoms with E-state index < -0.39 is 0 Å². The van der Waals surface area contributed by atoms with Crippen molar-refractivity contribution in [2.45, 2.75) is 38.3 Å². The summed E-state index contributed by atoms with van der Waals surface area (Å²) in [6.07, 6.45) is 6.22. The lowest BCUT2D eigenvalue weighted by Gasteiger charge is -2.33. The van der Waals surface area contributed by atoms with Crippen LogP contribution in [0.2, 0.25) is 5.02 Å². The van der Waals surface area contributed by atoms with Gasteiger partial charge in [-0.2, -0.15) is 0 Å². The molecule has 2 aliphatic heterocycles. The van der Waals surface area contributed by atoms with Crippen molar-refractivity contribution in [2.24, 2.45) is 5.92 Å². The molecular weight excluding hydrogens is 395 g/mol. The molecular formula is C21H28Cl2N4O. The minimum absolute atomic E-state index is 0. The second kappa shape index (κ2) is 9.88. The number of likely N-dealkylation sites (tertiary alicyclic amines) is 1. The Balaban J connectivity index is 0.00000225. The molecule has 1 amide bonds. The largest absolute Gasteiger partial charge is 0.354 e. The van der Waals surface area contributed by atoms with Crippen LogP contribution >= 0.6 is 24.0 Å². The van der Waals surface area contributed by atoms with E-state index in [4.69, 9.17) is 11.6 Å². The van der Waals surface area contributed by atoms with Crippen LogP contribution in [0, 0.1) is 5.92 Å². The van der Waals surface area contributed by atoms with Crippen LogP contribution in [0.3, 0.4) is 0 Å². The molecule has 0 saturated carbocycles. The highest BCUT2D eigenvalue weighted by atomic mass is 35.5. The molecule has 1 aromatic heterocycles. The van der Waals surface area contributed by atoms with Gasteiger partial charge in [0.15, 0.2) is 0 Å². The number of pyridine rings is 1.